The lowest BCUT2D eigenvalue weighted by molar-refractivity contribution is -0.143. The smallest absolute Gasteiger partial charge is 0.308 e. The van der Waals surface area contributed by atoms with Crippen LogP contribution in [-0.2, 0) is 9.59 Å². The molecule has 0 aliphatic carbocycles. The zero-order valence-corrected chi connectivity index (χ0v) is 10.8. The summed E-state index contributed by atoms with van der Waals surface area (Å²) in [6, 6.07) is -0.478. The van der Waals surface area contributed by atoms with Gasteiger partial charge in [-0.15, -0.1) is 0 Å². The van der Waals surface area contributed by atoms with Crippen LogP contribution in [-0.4, -0.2) is 49.7 Å². The lowest BCUT2D eigenvalue weighted by atomic mass is 10.1. The van der Waals surface area contributed by atoms with Crippen LogP contribution in [0.15, 0.2) is 12.7 Å². The zero-order valence-electron chi connectivity index (χ0n) is 10.8. The molecule has 0 aromatic carbocycles. The van der Waals surface area contributed by atoms with Gasteiger partial charge in [-0.25, -0.2) is 9.67 Å². The Morgan fingerprint density at radius 3 is 2.56 bits per heavy atom. The molecule has 0 aliphatic heterocycles. The number of likely N-dealkylation sites (N-methyl/N-ethyl adjacent to an activating group) is 1. The Morgan fingerprint density at radius 2 is 2.11 bits per heavy atom. The molecule has 2 unspecified atom stereocenters. The Balaban J connectivity index is 2.70. The first-order valence-corrected chi connectivity index (χ1v) is 5.83. The van der Waals surface area contributed by atoms with E-state index in [-0.39, 0.29) is 12.5 Å². The van der Waals surface area contributed by atoms with Gasteiger partial charge in [0.2, 0.25) is 5.91 Å². The van der Waals surface area contributed by atoms with Crippen molar-refractivity contribution in [2.45, 2.75) is 26.8 Å². The fourth-order valence-electron chi connectivity index (χ4n) is 1.58. The van der Waals surface area contributed by atoms with Crippen LogP contribution in [0.2, 0.25) is 0 Å². The molecule has 100 valence electrons. The van der Waals surface area contributed by atoms with E-state index in [2.05, 4.69) is 10.1 Å². The van der Waals surface area contributed by atoms with Gasteiger partial charge in [-0.1, -0.05) is 6.92 Å². The van der Waals surface area contributed by atoms with Gasteiger partial charge in [0.25, 0.3) is 0 Å². The zero-order chi connectivity index (χ0) is 13.7. The SMILES string of the molecule is CCN(CC(C)C(=O)O)C(=O)C(C)n1cncn1. The summed E-state index contributed by atoms with van der Waals surface area (Å²) in [5, 5.41) is 12.8. The highest BCUT2D eigenvalue weighted by Crippen LogP contribution is 2.10. The van der Waals surface area contributed by atoms with Crippen molar-refractivity contribution < 1.29 is 14.7 Å². The Kier molecular flexibility index (Phi) is 4.82. The monoisotopic (exact) mass is 254 g/mol. The summed E-state index contributed by atoms with van der Waals surface area (Å²) in [5.74, 6) is -1.65. The summed E-state index contributed by atoms with van der Waals surface area (Å²) in [6.45, 7) is 5.78. The first-order chi connectivity index (χ1) is 8.47. The highest BCUT2D eigenvalue weighted by Gasteiger charge is 2.24. The van der Waals surface area contributed by atoms with Gasteiger partial charge >= 0.3 is 5.97 Å². The van der Waals surface area contributed by atoms with Gasteiger partial charge in [0.15, 0.2) is 0 Å². The maximum Gasteiger partial charge on any atom is 0.308 e. The van der Waals surface area contributed by atoms with E-state index in [1.54, 1.807) is 13.8 Å². The maximum absolute atomic E-state index is 12.2. The van der Waals surface area contributed by atoms with E-state index in [0.717, 1.165) is 0 Å². The molecule has 1 aromatic rings. The van der Waals surface area contributed by atoms with Crippen molar-refractivity contribution in [1.82, 2.24) is 19.7 Å². The highest BCUT2D eigenvalue weighted by molar-refractivity contribution is 5.80. The van der Waals surface area contributed by atoms with Crippen molar-refractivity contribution >= 4 is 11.9 Å². The van der Waals surface area contributed by atoms with E-state index in [0.29, 0.717) is 6.54 Å². The molecule has 1 rings (SSSR count). The standard InChI is InChI=1S/C11H18N4O3/c1-4-14(5-8(2)11(17)18)10(16)9(3)15-7-12-6-13-15/h6-9H,4-5H2,1-3H3,(H,17,18). The van der Waals surface area contributed by atoms with Crippen molar-refractivity contribution in [1.29, 1.82) is 0 Å². The van der Waals surface area contributed by atoms with E-state index in [9.17, 15) is 9.59 Å². The Hall–Kier alpha value is -1.92. The molecule has 1 heterocycles. The number of hydrogen-bond donors (Lipinski definition) is 1. The number of rotatable bonds is 6. The van der Waals surface area contributed by atoms with Crippen molar-refractivity contribution in [3.8, 4) is 0 Å². The number of nitrogens with zero attached hydrogens (tertiary/aromatic N) is 4. The summed E-state index contributed by atoms with van der Waals surface area (Å²) in [6.07, 6.45) is 2.83. The molecule has 0 saturated heterocycles. The largest absolute Gasteiger partial charge is 0.481 e. The number of carbonyl (C=O) groups excluding carboxylic acids is 1. The summed E-state index contributed by atoms with van der Waals surface area (Å²) in [5.41, 5.74) is 0. The van der Waals surface area contributed by atoms with Crippen LogP contribution in [0.25, 0.3) is 0 Å². The van der Waals surface area contributed by atoms with E-state index in [4.69, 9.17) is 5.11 Å². The molecule has 18 heavy (non-hydrogen) atoms. The molecule has 1 aromatic heterocycles. The Morgan fingerprint density at radius 1 is 1.44 bits per heavy atom. The van der Waals surface area contributed by atoms with Gasteiger partial charge < -0.3 is 10.0 Å². The van der Waals surface area contributed by atoms with Gasteiger partial charge in [-0.2, -0.15) is 5.10 Å². The number of amides is 1. The first-order valence-electron chi connectivity index (χ1n) is 5.83. The molecule has 1 N–H and O–H groups in total. The van der Waals surface area contributed by atoms with Gasteiger partial charge in [-0.3, -0.25) is 9.59 Å². The van der Waals surface area contributed by atoms with E-state index in [1.807, 2.05) is 6.92 Å². The van der Waals surface area contributed by atoms with Crippen LogP contribution in [0.5, 0.6) is 0 Å². The van der Waals surface area contributed by atoms with Crippen LogP contribution in [0, 0.1) is 5.92 Å². The summed E-state index contributed by atoms with van der Waals surface area (Å²) in [4.78, 5) is 28.3. The Bertz CT molecular complexity index is 404. The summed E-state index contributed by atoms with van der Waals surface area (Å²) < 4.78 is 1.45. The van der Waals surface area contributed by atoms with Crippen molar-refractivity contribution in [2.24, 2.45) is 5.92 Å². The normalized spacial score (nSPS) is 13.9. The van der Waals surface area contributed by atoms with Crippen LogP contribution < -0.4 is 0 Å². The number of carbonyl (C=O) groups is 2. The molecule has 0 aliphatic rings. The number of carboxylic acids is 1. The van der Waals surface area contributed by atoms with Gasteiger partial charge in [0, 0.05) is 13.1 Å². The van der Waals surface area contributed by atoms with E-state index in [1.165, 1.54) is 22.2 Å². The molecule has 7 nitrogen and oxygen atoms in total. The predicted molar refractivity (Wildman–Crippen MR) is 63.8 cm³/mol. The lowest BCUT2D eigenvalue weighted by Gasteiger charge is -2.25. The second-order valence-corrected chi connectivity index (χ2v) is 4.17. The molecule has 2 atom stereocenters. The molecule has 7 heteroatoms. The van der Waals surface area contributed by atoms with Crippen LogP contribution in [0.4, 0.5) is 0 Å². The minimum Gasteiger partial charge on any atom is -0.481 e. The average Bonchev–Trinajstić information content (AvgIpc) is 2.87. The third-order valence-electron chi connectivity index (χ3n) is 2.80. The quantitative estimate of drug-likeness (QED) is 0.794. The number of carboxylic acid groups (broad SMARTS) is 1. The third kappa shape index (κ3) is 3.28. The third-order valence-corrected chi connectivity index (χ3v) is 2.80. The number of hydrogen-bond acceptors (Lipinski definition) is 4. The van der Waals surface area contributed by atoms with Crippen LogP contribution in [0.3, 0.4) is 0 Å². The minimum absolute atomic E-state index is 0.156. The topological polar surface area (TPSA) is 88.3 Å². The van der Waals surface area contributed by atoms with Gasteiger partial charge in [0.05, 0.1) is 5.92 Å². The summed E-state index contributed by atoms with van der Waals surface area (Å²) >= 11 is 0. The molecule has 0 spiro atoms. The van der Waals surface area contributed by atoms with Crippen LogP contribution in [0.1, 0.15) is 26.8 Å². The molecule has 0 fully saturated rings. The first kappa shape index (κ1) is 14.1. The molecule has 0 saturated carbocycles. The van der Waals surface area contributed by atoms with Crippen molar-refractivity contribution in [3.05, 3.63) is 12.7 Å². The fraction of sp³-hybridized carbons (Fsp3) is 0.636. The van der Waals surface area contributed by atoms with E-state index >= 15 is 0 Å². The lowest BCUT2D eigenvalue weighted by Crippen LogP contribution is -2.40. The van der Waals surface area contributed by atoms with Crippen molar-refractivity contribution in [2.75, 3.05) is 13.1 Å². The average molecular weight is 254 g/mol. The van der Waals surface area contributed by atoms with Gasteiger partial charge in [0.1, 0.15) is 18.7 Å². The second-order valence-electron chi connectivity index (χ2n) is 4.17. The van der Waals surface area contributed by atoms with Crippen molar-refractivity contribution in [3.63, 3.8) is 0 Å². The highest BCUT2D eigenvalue weighted by atomic mass is 16.4. The molecule has 0 radical (unpaired) electrons. The fourth-order valence-corrected chi connectivity index (χ4v) is 1.58. The van der Waals surface area contributed by atoms with Gasteiger partial charge in [-0.05, 0) is 13.8 Å². The second kappa shape index (κ2) is 6.13. The molecule has 1 amide bonds. The maximum atomic E-state index is 12.2. The minimum atomic E-state index is -0.908. The predicted octanol–water partition coefficient (Wildman–Crippen LogP) is 0.408. The number of aliphatic carboxylic acids is 1. The molecule has 0 bridgehead atoms. The number of aromatic nitrogens is 3. The van der Waals surface area contributed by atoms with Crippen LogP contribution >= 0.6 is 0 Å². The summed E-state index contributed by atoms with van der Waals surface area (Å²) in [7, 11) is 0. The van der Waals surface area contributed by atoms with E-state index < -0.39 is 17.9 Å². The molecular weight excluding hydrogens is 236 g/mol. The Labute approximate surface area is 105 Å². The molecular formula is C11H18N4O3.